The number of nitrogens with one attached hydrogen (secondary N) is 2. The van der Waals surface area contributed by atoms with E-state index in [1.807, 2.05) is 0 Å². The van der Waals surface area contributed by atoms with E-state index in [9.17, 15) is 18.8 Å². The van der Waals surface area contributed by atoms with Crippen molar-refractivity contribution in [3.05, 3.63) is 84.2 Å². The second-order valence-electron chi connectivity index (χ2n) is 9.16. The van der Waals surface area contributed by atoms with E-state index in [4.69, 9.17) is 4.42 Å². The third-order valence-corrected chi connectivity index (χ3v) is 6.40. The monoisotopic (exact) mass is 506 g/mol. The van der Waals surface area contributed by atoms with Gasteiger partial charge in [0.25, 0.3) is 0 Å². The van der Waals surface area contributed by atoms with Gasteiger partial charge < -0.3 is 20.0 Å². The summed E-state index contributed by atoms with van der Waals surface area (Å²) >= 11 is 0. The summed E-state index contributed by atoms with van der Waals surface area (Å²) in [7, 11) is 0. The molecule has 37 heavy (non-hydrogen) atoms. The zero-order chi connectivity index (χ0) is 26.0. The van der Waals surface area contributed by atoms with E-state index in [0.29, 0.717) is 17.1 Å². The lowest BCUT2D eigenvalue weighted by molar-refractivity contribution is -0.142. The maximum Gasteiger partial charge on any atom is 0.247 e. The van der Waals surface area contributed by atoms with Crippen LogP contribution < -0.4 is 10.6 Å². The fourth-order valence-electron chi connectivity index (χ4n) is 4.55. The highest BCUT2D eigenvalue weighted by Gasteiger charge is 2.33. The van der Waals surface area contributed by atoms with E-state index in [1.165, 1.54) is 35.4 Å². The van der Waals surface area contributed by atoms with Crippen LogP contribution in [0.1, 0.15) is 62.3 Å². The number of amides is 3. The van der Waals surface area contributed by atoms with Gasteiger partial charge in [-0.2, -0.15) is 0 Å². The van der Waals surface area contributed by atoms with Crippen LogP contribution in [0.3, 0.4) is 0 Å². The molecule has 1 fully saturated rings. The van der Waals surface area contributed by atoms with Crippen LogP contribution in [-0.4, -0.2) is 33.6 Å². The Labute approximate surface area is 215 Å². The largest absolute Gasteiger partial charge is 0.467 e. The average molecular weight is 507 g/mol. The molecule has 0 spiro atoms. The normalized spacial score (nSPS) is 14.2. The number of hydrogen-bond acceptors (Lipinski definition) is 5. The van der Waals surface area contributed by atoms with Crippen molar-refractivity contribution < 1.29 is 23.2 Å². The fourth-order valence-corrected chi connectivity index (χ4v) is 4.55. The van der Waals surface area contributed by atoms with Crippen LogP contribution in [0.25, 0.3) is 0 Å². The Morgan fingerprint density at radius 2 is 1.81 bits per heavy atom. The molecule has 9 heteroatoms. The van der Waals surface area contributed by atoms with Crippen molar-refractivity contribution >= 4 is 23.5 Å². The van der Waals surface area contributed by atoms with E-state index in [0.717, 1.165) is 25.7 Å². The summed E-state index contributed by atoms with van der Waals surface area (Å²) in [6.45, 7) is 0.0616. The van der Waals surface area contributed by atoms with Crippen molar-refractivity contribution in [3.63, 3.8) is 0 Å². The number of furan rings is 1. The molecule has 1 aliphatic rings. The molecule has 1 saturated carbocycles. The van der Waals surface area contributed by atoms with Crippen LogP contribution in [0.15, 0.2) is 71.5 Å². The standard InChI is InChI=1S/C28H31FN4O4/c29-21-15-13-20(14-16-21)27(28(36)31-22-7-1-2-8-22)33(19-23-9-6-18-37-23)26(35)12-5-11-25(34)32-24-10-3-4-17-30-24/h3-4,6,9-10,13-18,22,27H,1-2,5,7-8,11-12,19H2,(H,31,36)(H,30,32,34)/t27-/m0/s1. The molecular formula is C28H31FN4O4. The van der Waals surface area contributed by atoms with Crippen LogP contribution in [0.2, 0.25) is 0 Å². The van der Waals surface area contributed by atoms with Gasteiger partial charge in [-0.05, 0) is 61.2 Å². The van der Waals surface area contributed by atoms with Crippen LogP contribution >= 0.6 is 0 Å². The Kier molecular flexibility index (Phi) is 9.02. The van der Waals surface area contributed by atoms with Gasteiger partial charge in [0.15, 0.2) is 0 Å². The zero-order valence-electron chi connectivity index (χ0n) is 20.6. The molecule has 0 radical (unpaired) electrons. The number of nitrogens with zero attached hydrogens (tertiary/aromatic N) is 2. The maximum atomic E-state index is 13.7. The number of benzene rings is 1. The summed E-state index contributed by atoms with van der Waals surface area (Å²) in [5, 5.41) is 5.78. The fraction of sp³-hybridized carbons (Fsp3) is 0.357. The first-order valence-corrected chi connectivity index (χ1v) is 12.6. The molecule has 1 aromatic carbocycles. The molecule has 3 aromatic rings. The smallest absolute Gasteiger partial charge is 0.247 e. The molecule has 0 saturated heterocycles. The highest BCUT2D eigenvalue weighted by atomic mass is 19.1. The van der Waals surface area contributed by atoms with Crippen LogP contribution in [-0.2, 0) is 20.9 Å². The van der Waals surface area contributed by atoms with Crippen LogP contribution in [0, 0.1) is 5.82 Å². The summed E-state index contributed by atoms with van der Waals surface area (Å²) in [6, 6.07) is 13.3. The lowest BCUT2D eigenvalue weighted by Gasteiger charge is -2.32. The number of halogens is 1. The van der Waals surface area contributed by atoms with Crippen molar-refractivity contribution in [3.8, 4) is 0 Å². The van der Waals surface area contributed by atoms with E-state index in [2.05, 4.69) is 15.6 Å². The van der Waals surface area contributed by atoms with Gasteiger partial charge in [0.1, 0.15) is 23.4 Å². The topological polar surface area (TPSA) is 105 Å². The van der Waals surface area contributed by atoms with Crippen LogP contribution in [0.5, 0.6) is 0 Å². The first-order chi connectivity index (χ1) is 18.0. The quantitative estimate of drug-likeness (QED) is 0.391. The number of carbonyl (C=O) groups excluding carboxylic acids is 3. The Balaban J connectivity index is 1.50. The second kappa shape index (κ2) is 12.8. The first kappa shape index (κ1) is 26.1. The van der Waals surface area contributed by atoms with E-state index >= 15 is 0 Å². The number of hydrogen-bond donors (Lipinski definition) is 2. The van der Waals surface area contributed by atoms with Crippen LogP contribution in [0.4, 0.5) is 10.2 Å². The van der Waals surface area contributed by atoms with E-state index in [1.54, 1.807) is 36.5 Å². The van der Waals surface area contributed by atoms with Gasteiger partial charge in [-0.3, -0.25) is 14.4 Å². The van der Waals surface area contributed by atoms with Gasteiger partial charge in [-0.25, -0.2) is 9.37 Å². The summed E-state index contributed by atoms with van der Waals surface area (Å²) in [5.41, 5.74) is 0.504. The molecule has 8 nitrogen and oxygen atoms in total. The molecule has 1 aliphatic carbocycles. The first-order valence-electron chi connectivity index (χ1n) is 12.6. The molecule has 3 amide bonds. The van der Waals surface area contributed by atoms with Crippen molar-refractivity contribution in [2.75, 3.05) is 5.32 Å². The van der Waals surface area contributed by atoms with Crippen molar-refractivity contribution in [1.82, 2.24) is 15.2 Å². The third-order valence-electron chi connectivity index (χ3n) is 6.40. The number of anilines is 1. The van der Waals surface area contributed by atoms with Crippen molar-refractivity contribution in [1.29, 1.82) is 0 Å². The summed E-state index contributed by atoms with van der Waals surface area (Å²) in [5.74, 6) is -0.343. The van der Waals surface area contributed by atoms with Gasteiger partial charge in [0.05, 0.1) is 12.8 Å². The highest BCUT2D eigenvalue weighted by molar-refractivity contribution is 5.91. The summed E-state index contributed by atoms with van der Waals surface area (Å²) < 4.78 is 19.2. The molecule has 194 valence electrons. The summed E-state index contributed by atoms with van der Waals surface area (Å²) in [6.07, 6.45) is 7.40. The lowest BCUT2D eigenvalue weighted by atomic mass is 10.0. The Hall–Kier alpha value is -4.01. The molecule has 4 rings (SSSR count). The summed E-state index contributed by atoms with van der Waals surface area (Å²) in [4.78, 5) is 44.9. The maximum absolute atomic E-state index is 13.7. The second-order valence-corrected chi connectivity index (χ2v) is 9.16. The number of pyridine rings is 1. The highest BCUT2D eigenvalue weighted by Crippen LogP contribution is 2.27. The molecule has 0 bridgehead atoms. The Morgan fingerprint density at radius 1 is 1.03 bits per heavy atom. The Morgan fingerprint density at radius 3 is 2.49 bits per heavy atom. The van der Waals surface area contributed by atoms with Crippen molar-refractivity contribution in [2.45, 2.75) is 63.6 Å². The molecule has 2 heterocycles. The SMILES string of the molecule is O=C(CCCC(=O)N(Cc1ccco1)[C@H](C(=O)NC1CCCC1)c1ccc(F)cc1)Nc1ccccn1. The molecule has 1 atom stereocenters. The number of aromatic nitrogens is 1. The zero-order valence-corrected chi connectivity index (χ0v) is 20.6. The van der Waals surface area contributed by atoms with E-state index in [-0.39, 0.29) is 49.6 Å². The van der Waals surface area contributed by atoms with Gasteiger partial charge in [0.2, 0.25) is 17.7 Å². The van der Waals surface area contributed by atoms with Gasteiger partial charge in [0, 0.05) is 25.1 Å². The predicted octanol–water partition coefficient (Wildman–Crippen LogP) is 4.75. The lowest BCUT2D eigenvalue weighted by Crippen LogP contribution is -2.45. The molecular weight excluding hydrogens is 475 g/mol. The molecule has 0 unspecified atom stereocenters. The molecule has 0 aliphatic heterocycles. The third kappa shape index (κ3) is 7.49. The van der Waals surface area contributed by atoms with Gasteiger partial charge in [-0.1, -0.05) is 31.0 Å². The average Bonchev–Trinajstić information content (AvgIpc) is 3.60. The van der Waals surface area contributed by atoms with Gasteiger partial charge in [-0.15, -0.1) is 0 Å². The molecule has 2 aromatic heterocycles. The number of rotatable bonds is 11. The van der Waals surface area contributed by atoms with Crippen molar-refractivity contribution in [2.24, 2.45) is 0 Å². The van der Waals surface area contributed by atoms with E-state index < -0.39 is 11.9 Å². The Bertz CT molecular complexity index is 1160. The number of carbonyl (C=O) groups is 3. The minimum absolute atomic E-state index is 0.0464. The minimum atomic E-state index is -0.971. The predicted molar refractivity (Wildman–Crippen MR) is 136 cm³/mol. The minimum Gasteiger partial charge on any atom is -0.467 e. The van der Waals surface area contributed by atoms with Gasteiger partial charge >= 0.3 is 0 Å². The molecule has 2 N–H and O–H groups in total.